The zero-order valence-corrected chi connectivity index (χ0v) is 33.2. The topological polar surface area (TPSA) is 30.7 Å². The summed E-state index contributed by atoms with van der Waals surface area (Å²) in [6, 6.07) is 68.3. The first kappa shape index (κ1) is 32.9. The molecule has 0 amide bonds. The van der Waals surface area contributed by atoms with E-state index >= 15 is 0 Å². The summed E-state index contributed by atoms with van der Waals surface area (Å²) < 4.78 is 7.31. The highest BCUT2D eigenvalue weighted by atomic mass is 32.1. The summed E-state index contributed by atoms with van der Waals surface area (Å²) in [6.45, 7) is 0. The summed E-state index contributed by atoms with van der Waals surface area (Å²) in [7, 11) is 0. The fourth-order valence-corrected chi connectivity index (χ4v) is 11.6. The van der Waals surface area contributed by atoms with Crippen LogP contribution in [0.1, 0.15) is 0 Å². The zero-order valence-electron chi connectivity index (χ0n) is 31.6. The number of fused-ring (bicyclic) bond motifs is 12. The van der Waals surface area contributed by atoms with Crippen molar-refractivity contribution < 1.29 is 0 Å². The highest BCUT2D eigenvalue weighted by Crippen LogP contribution is 2.45. The smallest absolute Gasteiger partial charge is 0.160 e. The molecule has 0 unspecified atom stereocenters. The lowest BCUT2D eigenvalue weighted by Gasteiger charge is -2.10. The SMILES string of the molecule is c1ccc(-c2ccc(-c3nc(-c4ccc5c(c4)sc4c(-n6c7cc8ccccc8cc7c7c8ccccc8ccc76)cccc45)nc4c3sc3ccccc34)cc2)cc1. The second-order valence-electron chi connectivity index (χ2n) is 15.3. The van der Waals surface area contributed by atoms with E-state index in [4.69, 9.17) is 9.97 Å². The van der Waals surface area contributed by atoms with Crippen LogP contribution in [0.3, 0.4) is 0 Å². The predicted molar refractivity (Wildman–Crippen MR) is 253 cm³/mol. The Morgan fingerprint density at radius 3 is 1.92 bits per heavy atom. The van der Waals surface area contributed by atoms with Crippen molar-refractivity contribution in [3.05, 3.63) is 188 Å². The lowest BCUT2D eigenvalue weighted by atomic mass is 10.0. The minimum absolute atomic E-state index is 0.740. The van der Waals surface area contributed by atoms with Crippen LogP contribution in [-0.4, -0.2) is 14.5 Å². The van der Waals surface area contributed by atoms with Crippen LogP contribution >= 0.6 is 22.7 Å². The number of aromatic nitrogens is 3. The predicted octanol–water partition coefficient (Wildman–Crippen LogP) is 15.6. The largest absolute Gasteiger partial charge is 0.308 e. The van der Waals surface area contributed by atoms with Crippen LogP contribution in [0, 0.1) is 0 Å². The fraction of sp³-hybridized carbons (Fsp3) is 0. The molecule has 13 aromatic rings. The van der Waals surface area contributed by atoms with Crippen LogP contribution in [-0.2, 0) is 0 Å². The summed E-state index contributed by atoms with van der Waals surface area (Å²) in [5.41, 5.74) is 10.1. The van der Waals surface area contributed by atoms with E-state index in [0.29, 0.717) is 0 Å². The Labute approximate surface area is 346 Å². The Morgan fingerprint density at radius 2 is 1.05 bits per heavy atom. The molecular weight excluding hydrogens is 755 g/mol. The first-order valence-corrected chi connectivity index (χ1v) is 21.5. The van der Waals surface area contributed by atoms with E-state index < -0.39 is 0 Å². The first-order chi connectivity index (χ1) is 29.2. The molecule has 0 fully saturated rings. The summed E-state index contributed by atoms with van der Waals surface area (Å²) in [6.07, 6.45) is 0. The van der Waals surface area contributed by atoms with Gasteiger partial charge in [-0.2, -0.15) is 0 Å². The molecule has 0 atom stereocenters. The van der Waals surface area contributed by atoms with E-state index in [1.807, 2.05) is 11.3 Å². The van der Waals surface area contributed by atoms with Crippen molar-refractivity contribution in [3.8, 4) is 39.5 Å². The molecule has 0 bridgehead atoms. The lowest BCUT2D eigenvalue weighted by molar-refractivity contribution is 1.20. The van der Waals surface area contributed by atoms with E-state index in [9.17, 15) is 0 Å². The Hall–Kier alpha value is -7.18. The molecule has 0 aliphatic carbocycles. The average Bonchev–Trinajstić information content (AvgIpc) is 3.97. The monoisotopic (exact) mass is 785 g/mol. The molecule has 3 nitrogen and oxygen atoms in total. The van der Waals surface area contributed by atoms with Crippen molar-refractivity contribution >= 4 is 106 Å². The van der Waals surface area contributed by atoms with Crippen molar-refractivity contribution in [2.45, 2.75) is 0 Å². The summed E-state index contributed by atoms with van der Waals surface area (Å²) in [4.78, 5) is 10.7. The van der Waals surface area contributed by atoms with Gasteiger partial charge in [0.15, 0.2) is 5.82 Å². The standard InChI is InChI=1S/C54H31N3S2/c1-2-11-32(12-3-1)33-21-23-35(24-22-33)50-53-51(42-17-8-9-20-47(42)58-53)56-54(55-50)38-25-27-40-41-18-10-19-45(52(41)59-48(40)31-38)57-44-28-26-34-13-6-7-16-39(34)49(44)43-29-36-14-4-5-15-37(36)30-46(43)57/h1-31H. The van der Waals surface area contributed by atoms with Gasteiger partial charge in [-0.15, -0.1) is 22.7 Å². The highest BCUT2D eigenvalue weighted by Gasteiger charge is 2.21. The maximum absolute atomic E-state index is 5.38. The zero-order chi connectivity index (χ0) is 38.6. The van der Waals surface area contributed by atoms with Crippen LogP contribution in [0.25, 0.3) is 123 Å². The summed E-state index contributed by atoms with van der Waals surface area (Å²) >= 11 is 3.62. The maximum Gasteiger partial charge on any atom is 0.160 e. The fourth-order valence-electron chi connectivity index (χ4n) is 9.20. The van der Waals surface area contributed by atoms with Gasteiger partial charge in [0.1, 0.15) is 0 Å². The molecule has 59 heavy (non-hydrogen) atoms. The van der Waals surface area contributed by atoms with Gasteiger partial charge < -0.3 is 4.57 Å². The van der Waals surface area contributed by atoms with Gasteiger partial charge in [0.2, 0.25) is 0 Å². The van der Waals surface area contributed by atoms with Gasteiger partial charge in [0.25, 0.3) is 0 Å². The van der Waals surface area contributed by atoms with E-state index in [0.717, 1.165) is 38.2 Å². The minimum atomic E-state index is 0.740. The van der Waals surface area contributed by atoms with Crippen molar-refractivity contribution in [2.24, 2.45) is 0 Å². The third-order valence-electron chi connectivity index (χ3n) is 12.0. The number of benzene rings is 9. The van der Waals surface area contributed by atoms with E-state index in [1.54, 1.807) is 11.3 Å². The third kappa shape index (κ3) is 4.99. The molecular formula is C54H31N3S2. The van der Waals surface area contributed by atoms with Crippen LogP contribution in [0.5, 0.6) is 0 Å². The van der Waals surface area contributed by atoms with Gasteiger partial charge in [-0.25, -0.2) is 9.97 Å². The average molecular weight is 786 g/mol. The molecule has 0 N–H and O–H groups in total. The highest BCUT2D eigenvalue weighted by molar-refractivity contribution is 7.26. The van der Waals surface area contributed by atoms with Crippen LogP contribution in [0.15, 0.2) is 188 Å². The number of nitrogens with zero attached hydrogens (tertiary/aromatic N) is 3. The van der Waals surface area contributed by atoms with Crippen LogP contribution in [0.4, 0.5) is 0 Å². The van der Waals surface area contributed by atoms with Gasteiger partial charge >= 0.3 is 0 Å². The van der Waals surface area contributed by atoms with Crippen molar-refractivity contribution in [1.29, 1.82) is 0 Å². The van der Waals surface area contributed by atoms with Crippen molar-refractivity contribution in [2.75, 3.05) is 0 Å². The molecule has 5 heteroatoms. The Kier molecular flexibility index (Phi) is 7.05. The van der Waals surface area contributed by atoms with E-state index in [1.165, 1.54) is 85.0 Å². The van der Waals surface area contributed by atoms with Gasteiger partial charge in [0, 0.05) is 47.5 Å². The molecule has 0 aliphatic rings. The number of thiophene rings is 2. The molecule has 0 aliphatic heterocycles. The number of hydrogen-bond donors (Lipinski definition) is 0. The molecule has 0 spiro atoms. The maximum atomic E-state index is 5.38. The Bertz CT molecular complexity index is 3840. The van der Waals surface area contributed by atoms with Crippen LogP contribution in [0.2, 0.25) is 0 Å². The quantitative estimate of drug-likeness (QED) is 0.178. The molecule has 274 valence electrons. The molecule has 4 aromatic heterocycles. The van der Waals surface area contributed by atoms with Gasteiger partial charge in [0.05, 0.1) is 37.3 Å². The van der Waals surface area contributed by atoms with Gasteiger partial charge in [-0.1, -0.05) is 152 Å². The first-order valence-electron chi connectivity index (χ1n) is 19.9. The Morgan fingerprint density at radius 1 is 0.373 bits per heavy atom. The van der Waals surface area contributed by atoms with E-state index in [-0.39, 0.29) is 0 Å². The normalized spacial score (nSPS) is 12.1. The lowest BCUT2D eigenvalue weighted by Crippen LogP contribution is -1.94. The Balaban J connectivity index is 1.01. The molecule has 4 heterocycles. The van der Waals surface area contributed by atoms with Gasteiger partial charge in [-0.05, 0) is 69.1 Å². The van der Waals surface area contributed by atoms with E-state index in [2.05, 4.69) is 193 Å². The van der Waals surface area contributed by atoms with Gasteiger partial charge in [-0.3, -0.25) is 0 Å². The summed E-state index contributed by atoms with van der Waals surface area (Å²) in [5, 5.41) is 11.3. The van der Waals surface area contributed by atoms with Crippen molar-refractivity contribution in [3.63, 3.8) is 0 Å². The number of hydrogen-bond acceptors (Lipinski definition) is 4. The van der Waals surface area contributed by atoms with Crippen LogP contribution < -0.4 is 0 Å². The summed E-state index contributed by atoms with van der Waals surface area (Å²) in [5.74, 6) is 0.740. The minimum Gasteiger partial charge on any atom is -0.308 e. The third-order valence-corrected chi connectivity index (χ3v) is 14.3. The number of rotatable bonds is 4. The molecule has 9 aromatic carbocycles. The molecule has 0 saturated carbocycles. The molecule has 0 radical (unpaired) electrons. The second kappa shape index (κ2) is 12.7. The molecule has 0 saturated heterocycles. The molecule has 13 rings (SSSR count). The van der Waals surface area contributed by atoms with Crippen molar-refractivity contribution in [1.82, 2.24) is 14.5 Å². The second-order valence-corrected chi connectivity index (χ2v) is 17.4.